The number of benzene rings is 1. The van der Waals surface area contributed by atoms with Crippen LogP contribution in [0.5, 0.6) is 0 Å². The maximum atomic E-state index is 12.2. The molecule has 0 heterocycles. The molecule has 112 valence electrons. The summed E-state index contributed by atoms with van der Waals surface area (Å²) in [5.74, 6) is 0.135. The SMILES string of the molecule is CCCC[C@@H](CC[C@H](C)O)C(=O)NCc1ccccc1. The predicted molar refractivity (Wildman–Crippen MR) is 82.2 cm³/mol. The molecule has 20 heavy (non-hydrogen) atoms. The van der Waals surface area contributed by atoms with Gasteiger partial charge < -0.3 is 10.4 Å². The maximum Gasteiger partial charge on any atom is 0.223 e. The summed E-state index contributed by atoms with van der Waals surface area (Å²) in [6.45, 7) is 4.49. The van der Waals surface area contributed by atoms with E-state index in [1.54, 1.807) is 6.92 Å². The highest BCUT2D eigenvalue weighted by atomic mass is 16.3. The summed E-state index contributed by atoms with van der Waals surface area (Å²) in [7, 11) is 0. The highest BCUT2D eigenvalue weighted by Gasteiger charge is 2.18. The first-order chi connectivity index (χ1) is 9.63. The number of aliphatic hydroxyl groups excluding tert-OH is 1. The van der Waals surface area contributed by atoms with E-state index in [9.17, 15) is 9.90 Å². The van der Waals surface area contributed by atoms with Gasteiger partial charge in [-0.3, -0.25) is 4.79 Å². The minimum atomic E-state index is -0.332. The molecule has 0 saturated carbocycles. The van der Waals surface area contributed by atoms with Crippen molar-refractivity contribution in [3.63, 3.8) is 0 Å². The lowest BCUT2D eigenvalue weighted by atomic mass is 9.94. The van der Waals surface area contributed by atoms with Crippen LogP contribution in [0.3, 0.4) is 0 Å². The lowest BCUT2D eigenvalue weighted by Gasteiger charge is -2.17. The number of unbranched alkanes of at least 4 members (excludes halogenated alkanes) is 1. The van der Waals surface area contributed by atoms with Crippen molar-refractivity contribution in [3.8, 4) is 0 Å². The highest BCUT2D eigenvalue weighted by molar-refractivity contribution is 5.78. The molecule has 0 spiro atoms. The van der Waals surface area contributed by atoms with E-state index in [0.29, 0.717) is 13.0 Å². The molecule has 0 fully saturated rings. The minimum Gasteiger partial charge on any atom is -0.393 e. The standard InChI is InChI=1S/C17H27NO2/c1-3-4-10-16(12-11-14(2)19)17(20)18-13-15-8-6-5-7-9-15/h5-9,14,16,19H,3-4,10-13H2,1-2H3,(H,18,20)/t14-,16-/m0/s1. The van der Waals surface area contributed by atoms with E-state index in [4.69, 9.17) is 0 Å². The molecule has 1 rings (SSSR count). The summed E-state index contributed by atoms with van der Waals surface area (Å²) < 4.78 is 0. The van der Waals surface area contributed by atoms with Crippen LogP contribution in [0.4, 0.5) is 0 Å². The van der Waals surface area contributed by atoms with Crippen LogP contribution in [0.15, 0.2) is 30.3 Å². The Morgan fingerprint density at radius 2 is 1.90 bits per heavy atom. The molecular formula is C17H27NO2. The van der Waals surface area contributed by atoms with Gasteiger partial charge in [-0.2, -0.15) is 0 Å². The molecule has 0 aromatic heterocycles. The zero-order valence-electron chi connectivity index (χ0n) is 12.6. The van der Waals surface area contributed by atoms with Crippen LogP contribution in [0, 0.1) is 5.92 Å². The van der Waals surface area contributed by atoms with Crippen molar-refractivity contribution in [1.29, 1.82) is 0 Å². The molecule has 3 heteroatoms. The van der Waals surface area contributed by atoms with E-state index in [1.807, 2.05) is 30.3 Å². The van der Waals surface area contributed by atoms with Crippen LogP contribution >= 0.6 is 0 Å². The fourth-order valence-corrected chi connectivity index (χ4v) is 2.23. The van der Waals surface area contributed by atoms with Crippen LogP contribution in [-0.4, -0.2) is 17.1 Å². The first-order valence-electron chi connectivity index (χ1n) is 7.63. The van der Waals surface area contributed by atoms with E-state index in [-0.39, 0.29) is 17.9 Å². The second kappa shape index (κ2) is 9.54. The molecule has 0 aliphatic carbocycles. The minimum absolute atomic E-state index is 0.0215. The van der Waals surface area contributed by atoms with Gasteiger partial charge in [0.25, 0.3) is 0 Å². The Morgan fingerprint density at radius 3 is 2.50 bits per heavy atom. The molecule has 1 aromatic rings. The average Bonchev–Trinajstić information content (AvgIpc) is 2.45. The van der Waals surface area contributed by atoms with Gasteiger partial charge >= 0.3 is 0 Å². The van der Waals surface area contributed by atoms with Crippen molar-refractivity contribution >= 4 is 5.91 Å². The van der Waals surface area contributed by atoms with Crippen LogP contribution < -0.4 is 5.32 Å². The van der Waals surface area contributed by atoms with Gasteiger partial charge in [-0.1, -0.05) is 50.1 Å². The zero-order chi connectivity index (χ0) is 14.8. The summed E-state index contributed by atoms with van der Waals surface area (Å²) in [6, 6.07) is 9.94. The summed E-state index contributed by atoms with van der Waals surface area (Å²) in [6.07, 6.45) is 4.18. The molecule has 0 unspecified atom stereocenters. The van der Waals surface area contributed by atoms with Gasteiger partial charge in [0.05, 0.1) is 6.10 Å². The molecule has 1 aromatic carbocycles. The van der Waals surface area contributed by atoms with Gasteiger partial charge in [0, 0.05) is 12.5 Å². The zero-order valence-corrected chi connectivity index (χ0v) is 12.6. The van der Waals surface area contributed by atoms with E-state index in [2.05, 4.69) is 12.2 Å². The first-order valence-corrected chi connectivity index (χ1v) is 7.63. The summed E-state index contributed by atoms with van der Waals surface area (Å²) >= 11 is 0. The number of rotatable bonds is 9. The van der Waals surface area contributed by atoms with Crippen molar-refractivity contribution < 1.29 is 9.90 Å². The number of aliphatic hydroxyl groups is 1. The smallest absolute Gasteiger partial charge is 0.223 e. The van der Waals surface area contributed by atoms with Gasteiger partial charge in [-0.25, -0.2) is 0 Å². The topological polar surface area (TPSA) is 49.3 Å². The van der Waals surface area contributed by atoms with Crippen LogP contribution in [0.1, 0.15) is 51.5 Å². The van der Waals surface area contributed by atoms with Gasteiger partial charge in [-0.05, 0) is 31.7 Å². The number of amides is 1. The normalized spacial score (nSPS) is 13.8. The molecule has 0 aliphatic heterocycles. The Morgan fingerprint density at radius 1 is 1.20 bits per heavy atom. The van der Waals surface area contributed by atoms with E-state index >= 15 is 0 Å². The van der Waals surface area contributed by atoms with Crippen LogP contribution in [0.2, 0.25) is 0 Å². The van der Waals surface area contributed by atoms with Gasteiger partial charge in [-0.15, -0.1) is 0 Å². The number of hydrogen-bond donors (Lipinski definition) is 2. The number of carbonyl (C=O) groups excluding carboxylic acids is 1. The first kappa shape index (κ1) is 16.7. The van der Waals surface area contributed by atoms with Gasteiger partial charge in [0.2, 0.25) is 5.91 Å². The Kier molecular flexibility index (Phi) is 7.97. The Bertz CT molecular complexity index is 376. The number of nitrogens with one attached hydrogen (secondary N) is 1. The quantitative estimate of drug-likeness (QED) is 0.728. The third-order valence-electron chi connectivity index (χ3n) is 3.52. The molecule has 2 N–H and O–H groups in total. The molecule has 0 saturated heterocycles. The fraction of sp³-hybridized carbons (Fsp3) is 0.588. The number of hydrogen-bond acceptors (Lipinski definition) is 2. The molecule has 3 nitrogen and oxygen atoms in total. The third kappa shape index (κ3) is 6.71. The lowest BCUT2D eigenvalue weighted by molar-refractivity contribution is -0.125. The van der Waals surface area contributed by atoms with E-state index in [1.165, 1.54) is 0 Å². The van der Waals surface area contributed by atoms with Gasteiger partial charge in [0.15, 0.2) is 0 Å². The van der Waals surface area contributed by atoms with E-state index < -0.39 is 0 Å². The Balaban J connectivity index is 2.44. The van der Waals surface area contributed by atoms with Crippen molar-refractivity contribution in [3.05, 3.63) is 35.9 Å². The maximum absolute atomic E-state index is 12.2. The Hall–Kier alpha value is -1.35. The monoisotopic (exact) mass is 277 g/mol. The molecule has 0 aliphatic rings. The second-order valence-corrected chi connectivity index (χ2v) is 5.47. The fourth-order valence-electron chi connectivity index (χ4n) is 2.23. The third-order valence-corrected chi connectivity index (χ3v) is 3.52. The average molecular weight is 277 g/mol. The molecule has 0 bridgehead atoms. The highest BCUT2D eigenvalue weighted by Crippen LogP contribution is 2.17. The number of carbonyl (C=O) groups is 1. The largest absolute Gasteiger partial charge is 0.393 e. The molecule has 1 amide bonds. The predicted octanol–water partition coefficient (Wildman–Crippen LogP) is 3.27. The van der Waals surface area contributed by atoms with Crippen LogP contribution in [-0.2, 0) is 11.3 Å². The van der Waals surface area contributed by atoms with Crippen molar-refractivity contribution in [2.75, 3.05) is 0 Å². The van der Waals surface area contributed by atoms with E-state index in [0.717, 1.165) is 31.2 Å². The molecule has 2 atom stereocenters. The Labute approximate surface area is 122 Å². The van der Waals surface area contributed by atoms with Crippen molar-refractivity contribution in [2.45, 2.75) is 58.6 Å². The second-order valence-electron chi connectivity index (χ2n) is 5.47. The van der Waals surface area contributed by atoms with Gasteiger partial charge in [0.1, 0.15) is 0 Å². The summed E-state index contributed by atoms with van der Waals surface area (Å²) in [5.41, 5.74) is 1.12. The van der Waals surface area contributed by atoms with Crippen LogP contribution in [0.25, 0.3) is 0 Å². The summed E-state index contributed by atoms with van der Waals surface area (Å²) in [5, 5.41) is 12.4. The molecule has 0 radical (unpaired) electrons. The summed E-state index contributed by atoms with van der Waals surface area (Å²) in [4.78, 5) is 12.2. The lowest BCUT2D eigenvalue weighted by Crippen LogP contribution is -2.30. The molecular weight excluding hydrogens is 250 g/mol. The van der Waals surface area contributed by atoms with Crippen molar-refractivity contribution in [1.82, 2.24) is 5.32 Å². The van der Waals surface area contributed by atoms with Crippen molar-refractivity contribution in [2.24, 2.45) is 5.92 Å².